The van der Waals surface area contributed by atoms with Crippen LogP contribution in [0.3, 0.4) is 0 Å². The first kappa shape index (κ1) is 11.6. The van der Waals surface area contributed by atoms with E-state index in [4.69, 9.17) is 4.84 Å². The Balaban J connectivity index is 1.69. The zero-order chi connectivity index (χ0) is 12.1. The van der Waals surface area contributed by atoms with Crippen LogP contribution in [-0.4, -0.2) is 24.8 Å². The number of amides is 1. The third-order valence-corrected chi connectivity index (χ3v) is 2.28. The Morgan fingerprint density at radius 3 is 2.82 bits per heavy atom. The van der Waals surface area contributed by atoms with Gasteiger partial charge in [0.2, 0.25) is 0 Å². The first-order valence-corrected chi connectivity index (χ1v) is 5.44. The summed E-state index contributed by atoms with van der Waals surface area (Å²) in [5, 5.41) is 6.40. The van der Waals surface area contributed by atoms with Gasteiger partial charge >= 0.3 is 0 Å². The lowest BCUT2D eigenvalue weighted by Crippen LogP contribution is -2.28. The molecule has 1 amide bonds. The largest absolute Gasteiger partial charge is 0.386 e. The second kappa shape index (κ2) is 5.43. The fourth-order valence-electron chi connectivity index (χ4n) is 1.24. The number of rotatable bonds is 5. The van der Waals surface area contributed by atoms with Gasteiger partial charge in [-0.2, -0.15) is 0 Å². The summed E-state index contributed by atoms with van der Waals surface area (Å²) in [6.45, 7) is -0.0891. The number of hydrogen-bond donors (Lipinski definition) is 1. The molecule has 0 radical (unpaired) electrons. The molecule has 0 aromatic heterocycles. The third-order valence-electron chi connectivity index (χ3n) is 2.28. The summed E-state index contributed by atoms with van der Waals surface area (Å²) >= 11 is 0. The fraction of sp³-hybridized carbons (Fsp3) is 0.333. The van der Waals surface area contributed by atoms with E-state index >= 15 is 0 Å². The molecular formula is C12H13FN2O2. The van der Waals surface area contributed by atoms with Crippen LogP contribution in [0.5, 0.6) is 0 Å². The smallest absolute Gasteiger partial charge is 0.260 e. The predicted octanol–water partition coefficient (Wildman–Crippen LogP) is 1.45. The molecule has 90 valence electrons. The van der Waals surface area contributed by atoms with Gasteiger partial charge in [-0.15, -0.1) is 0 Å². The Hall–Kier alpha value is -1.91. The quantitative estimate of drug-likeness (QED) is 0.621. The summed E-state index contributed by atoms with van der Waals surface area (Å²) in [6, 6.07) is 6.15. The van der Waals surface area contributed by atoms with Crippen LogP contribution in [-0.2, 0) is 9.63 Å². The van der Waals surface area contributed by atoms with Crippen molar-refractivity contribution in [3.8, 4) is 0 Å². The summed E-state index contributed by atoms with van der Waals surface area (Å²) in [6.07, 6.45) is 3.53. The summed E-state index contributed by atoms with van der Waals surface area (Å²) in [7, 11) is 0. The number of halogens is 1. The highest BCUT2D eigenvalue weighted by atomic mass is 19.1. The highest BCUT2D eigenvalue weighted by Gasteiger charge is 2.23. The number of hydrogen-bond acceptors (Lipinski definition) is 3. The number of nitrogens with zero attached hydrogens (tertiary/aromatic N) is 1. The second-order valence-electron chi connectivity index (χ2n) is 3.90. The van der Waals surface area contributed by atoms with E-state index in [1.165, 1.54) is 18.3 Å². The van der Waals surface area contributed by atoms with Gasteiger partial charge in [0.05, 0.1) is 6.21 Å². The summed E-state index contributed by atoms with van der Waals surface area (Å²) in [4.78, 5) is 16.0. The molecule has 4 nitrogen and oxygen atoms in total. The molecule has 1 N–H and O–H groups in total. The summed E-state index contributed by atoms with van der Waals surface area (Å²) in [5.41, 5.74) is 0.717. The summed E-state index contributed by atoms with van der Waals surface area (Å²) < 4.78 is 12.6. The lowest BCUT2D eigenvalue weighted by atomic mass is 10.2. The van der Waals surface area contributed by atoms with Crippen LogP contribution in [0.4, 0.5) is 4.39 Å². The van der Waals surface area contributed by atoms with Crippen LogP contribution in [0, 0.1) is 5.82 Å². The van der Waals surface area contributed by atoms with Crippen molar-refractivity contribution in [2.24, 2.45) is 5.16 Å². The van der Waals surface area contributed by atoms with E-state index in [9.17, 15) is 9.18 Å². The van der Waals surface area contributed by atoms with Gasteiger partial charge in [0.15, 0.2) is 6.61 Å². The Bertz CT molecular complexity index is 413. The molecule has 0 saturated heterocycles. The molecule has 0 bridgehead atoms. The van der Waals surface area contributed by atoms with E-state index in [0.29, 0.717) is 11.6 Å². The lowest BCUT2D eigenvalue weighted by Gasteiger charge is -2.00. The Morgan fingerprint density at radius 1 is 1.47 bits per heavy atom. The molecule has 1 fully saturated rings. The SMILES string of the molecule is O=C(CO/N=C/c1ccc(F)cc1)NC1CC1. The maximum Gasteiger partial charge on any atom is 0.260 e. The van der Waals surface area contributed by atoms with E-state index in [2.05, 4.69) is 10.5 Å². The molecule has 5 heteroatoms. The average molecular weight is 236 g/mol. The Labute approximate surface area is 98.5 Å². The van der Waals surface area contributed by atoms with E-state index in [1.807, 2.05) is 0 Å². The van der Waals surface area contributed by atoms with Gasteiger partial charge in [0, 0.05) is 6.04 Å². The minimum absolute atomic E-state index is 0.0891. The Morgan fingerprint density at radius 2 is 2.18 bits per heavy atom. The van der Waals surface area contributed by atoms with Crippen LogP contribution in [0.1, 0.15) is 18.4 Å². The molecule has 0 aliphatic heterocycles. The van der Waals surface area contributed by atoms with Crippen LogP contribution >= 0.6 is 0 Å². The van der Waals surface area contributed by atoms with Gasteiger partial charge in [-0.25, -0.2) is 4.39 Å². The van der Waals surface area contributed by atoms with Gasteiger partial charge in [-0.3, -0.25) is 4.79 Å². The normalized spacial score (nSPS) is 14.9. The van der Waals surface area contributed by atoms with Crippen molar-refractivity contribution in [3.63, 3.8) is 0 Å². The monoisotopic (exact) mass is 236 g/mol. The van der Waals surface area contributed by atoms with Gasteiger partial charge in [0.1, 0.15) is 5.82 Å². The van der Waals surface area contributed by atoms with Crippen LogP contribution < -0.4 is 5.32 Å². The van der Waals surface area contributed by atoms with Crippen molar-refractivity contribution in [2.45, 2.75) is 18.9 Å². The van der Waals surface area contributed by atoms with Gasteiger partial charge < -0.3 is 10.2 Å². The standard InChI is InChI=1S/C12H13FN2O2/c13-10-3-1-9(2-4-10)7-14-17-8-12(16)15-11-5-6-11/h1-4,7,11H,5-6,8H2,(H,15,16)/b14-7+. The minimum atomic E-state index is -0.299. The van der Waals surface area contributed by atoms with Crippen molar-refractivity contribution in [1.29, 1.82) is 0 Å². The maximum absolute atomic E-state index is 12.6. The van der Waals surface area contributed by atoms with Gasteiger partial charge in [-0.05, 0) is 30.5 Å². The van der Waals surface area contributed by atoms with Crippen LogP contribution in [0.15, 0.2) is 29.4 Å². The van der Waals surface area contributed by atoms with Crippen molar-refractivity contribution in [2.75, 3.05) is 6.61 Å². The molecule has 2 rings (SSSR count). The van der Waals surface area contributed by atoms with Crippen molar-refractivity contribution >= 4 is 12.1 Å². The number of carbonyl (C=O) groups excluding carboxylic acids is 1. The number of oxime groups is 1. The molecule has 17 heavy (non-hydrogen) atoms. The predicted molar refractivity (Wildman–Crippen MR) is 61.1 cm³/mol. The molecule has 1 aromatic rings. The first-order chi connectivity index (χ1) is 8.24. The zero-order valence-corrected chi connectivity index (χ0v) is 9.23. The van der Waals surface area contributed by atoms with Crippen molar-refractivity contribution in [1.82, 2.24) is 5.32 Å². The van der Waals surface area contributed by atoms with Crippen molar-refractivity contribution in [3.05, 3.63) is 35.6 Å². The third kappa shape index (κ3) is 4.22. The van der Waals surface area contributed by atoms with E-state index < -0.39 is 0 Å². The van der Waals surface area contributed by atoms with Gasteiger partial charge in [0.25, 0.3) is 5.91 Å². The highest BCUT2D eigenvalue weighted by Crippen LogP contribution is 2.18. The fourth-order valence-corrected chi connectivity index (χ4v) is 1.24. The van der Waals surface area contributed by atoms with Gasteiger partial charge in [-0.1, -0.05) is 17.3 Å². The highest BCUT2D eigenvalue weighted by molar-refractivity contribution is 5.79. The number of nitrogens with one attached hydrogen (secondary N) is 1. The molecule has 0 unspecified atom stereocenters. The average Bonchev–Trinajstić information content (AvgIpc) is 3.11. The van der Waals surface area contributed by atoms with Crippen LogP contribution in [0.25, 0.3) is 0 Å². The summed E-state index contributed by atoms with van der Waals surface area (Å²) in [5.74, 6) is -0.462. The van der Waals surface area contributed by atoms with Crippen molar-refractivity contribution < 1.29 is 14.0 Å². The molecule has 0 atom stereocenters. The maximum atomic E-state index is 12.6. The molecule has 0 heterocycles. The minimum Gasteiger partial charge on any atom is -0.386 e. The molecular weight excluding hydrogens is 223 g/mol. The van der Waals surface area contributed by atoms with E-state index in [-0.39, 0.29) is 18.3 Å². The van der Waals surface area contributed by atoms with E-state index in [1.54, 1.807) is 12.1 Å². The second-order valence-corrected chi connectivity index (χ2v) is 3.90. The number of benzene rings is 1. The van der Waals surface area contributed by atoms with Crippen LogP contribution in [0.2, 0.25) is 0 Å². The molecule has 1 aliphatic carbocycles. The lowest BCUT2D eigenvalue weighted by molar-refractivity contribution is -0.125. The molecule has 0 spiro atoms. The first-order valence-electron chi connectivity index (χ1n) is 5.44. The zero-order valence-electron chi connectivity index (χ0n) is 9.23. The molecule has 1 saturated carbocycles. The Kier molecular flexibility index (Phi) is 3.69. The van der Waals surface area contributed by atoms with E-state index in [0.717, 1.165) is 12.8 Å². The topological polar surface area (TPSA) is 50.7 Å². The molecule has 1 aromatic carbocycles. The number of carbonyl (C=O) groups is 1. The molecule has 1 aliphatic rings.